The third kappa shape index (κ3) is 6.74. The zero-order chi connectivity index (χ0) is 17.5. The van der Waals surface area contributed by atoms with Crippen LogP contribution in [0.4, 0.5) is 17.6 Å². The van der Waals surface area contributed by atoms with E-state index in [-0.39, 0.29) is 6.61 Å². The lowest BCUT2D eigenvalue weighted by atomic mass is 9.99. The van der Waals surface area contributed by atoms with Crippen LogP contribution in [-0.2, 0) is 4.74 Å². The van der Waals surface area contributed by atoms with Gasteiger partial charge in [0.2, 0.25) is 0 Å². The molecule has 0 fully saturated rings. The summed E-state index contributed by atoms with van der Waals surface area (Å²) < 4.78 is 58.7. The van der Waals surface area contributed by atoms with Crippen LogP contribution in [0.25, 0.3) is 0 Å². The van der Waals surface area contributed by atoms with Crippen LogP contribution in [0.5, 0.6) is 5.75 Å². The van der Waals surface area contributed by atoms with Crippen LogP contribution in [0, 0.1) is 0 Å². The largest absolute Gasteiger partial charge is 0.491 e. The van der Waals surface area contributed by atoms with Gasteiger partial charge in [0.1, 0.15) is 25.1 Å². The van der Waals surface area contributed by atoms with Crippen molar-refractivity contribution in [2.45, 2.75) is 44.6 Å². The van der Waals surface area contributed by atoms with Crippen molar-refractivity contribution in [1.82, 2.24) is 0 Å². The van der Waals surface area contributed by atoms with Gasteiger partial charge in [-0.3, -0.25) is 0 Å². The summed E-state index contributed by atoms with van der Waals surface area (Å²) in [7, 11) is 0. The molecule has 0 radical (unpaired) electrons. The van der Waals surface area contributed by atoms with Crippen LogP contribution < -0.4 is 4.74 Å². The molecule has 7 heteroatoms. The van der Waals surface area contributed by atoms with E-state index in [0.29, 0.717) is 11.7 Å². The Morgan fingerprint density at radius 2 is 1.74 bits per heavy atom. The fourth-order valence-electron chi connectivity index (χ4n) is 1.76. The van der Waals surface area contributed by atoms with Crippen molar-refractivity contribution in [2.75, 3.05) is 19.8 Å². The Bertz CT molecular complexity index is 451. The topological polar surface area (TPSA) is 38.7 Å². The molecule has 132 valence electrons. The predicted octanol–water partition coefficient (Wildman–Crippen LogP) is 3.86. The van der Waals surface area contributed by atoms with Gasteiger partial charge in [-0.2, -0.15) is 8.78 Å². The molecule has 0 saturated heterocycles. The number of rotatable bonds is 10. The fourth-order valence-corrected chi connectivity index (χ4v) is 1.76. The van der Waals surface area contributed by atoms with Gasteiger partial charge < -0.3 is 14.6 Å². The number of benzene rings is 1. The Balaban J connectivity index is 2.32. The third-order valence-electron chi connectivity index (χ3n) is 3.43. The van der Waals surface area contributed by atoms with Crippen LogP contribution in [0.3, 0.4) is 0 Å². The van der Waals surface area contributed by atoms with Gasteiger partial charge in [-0.25, -0.2) is 8.78 Å². The Labute approximate surface area is 133 Å². The molecule has 0 spiro atoms. The molecule has 0 heterocycles. The number of hydrogen-bond acceptors (Lipinski definition) is 3. The van der Waals surface area contributed by atoms with Crippen LogP contribution in [0.2, 0.25) is 0 Å². The minimum atomic E-state index is -4.22. The van der Waals surface area contributed by atoms with Crippen molar-refractivity contribution in [2.24, 2.45) is 0 Å². The van der Waals surface area contributed by atoms with Crippen LogP contribution >= 0.6 is 0 Å². The summed E-state index contributed by atoms with van der Waals surface area (Å²) in [4.78, 5) is 0. The van der Waals surface area contributed by atoms with Gasteiger partial charge in [0, 0.05) is 0 Å². The van der Waals surface area contributed by atoms with E-state index in [1.807, 2.05) is 12.1 Å². The normalized spacial score (nSPS) is 14.8. The maximum absolute atomic E-state index is 12.6. The first-order valence-corrected chi connectivity index (χ1v) is 7.40. The van der Waals surface area contributed by atoms with Crippen molar-refractivity contribution in [3.63, 3.8) is 0 Å². The Kier molecular flexibility index (Phi) is 7.78. The summed E-state index contributed by atoms with van der Waals surface area (Å²) in [5.74, 6) is -3.26. The summed E-state index contributed by atoms with van der Waals surface area (Å²) >= 11 is 0. The van der Waals surface area contributed by atoms with Gasteiger partial charge in [0.15, 0.2) is 0 Å². The van der Waals surface area contributed by atoms with E-state index in [1.54, 1.807) is 12.1 Å². The van der Waals surface area contributed by atoms with E-state index in [1.165, 1.54) is 0 Å². The average Bonchev–Trinajstić information content (AvgIpc) is 2.52. The molecule has 0 aliphatic heterocycles. The van der Waals surface area contributed by atoms with Crippen LogP contribution in [0.15, 0.2) is 24.3 Å². The first-order valence-electron chi connectivity index (χ1n) is 7.40. The summed E-state index contributed by atoms with van der Waals surface area (Å²) in [6, 6.07) is 7.32. The molecule has 1 aromatic carbocycles. The molecule has 2 atom stereocenters. The van der Waals surface area contributed by atoms with Crippen molar-refractivity contribution in [3.05, 3.63) is 29.8 Å². The Morgan fingerprint density at radius 3 is 2.26 bits per heavy atom. The number of hydrogen-bond donors (Lipinski definition) is 1. The van der Waals surface area contributed by atoms with E-state index in [2.05, 4.69) is 18.6 Å². The number of aliphatic hydroxyl groups excluding tert-OH is 1. The molecule has 3 nitrogen and oxygen atoms in total. The number of halogens is 4. The summed E-state index contributed by atoms with van der Waals surface area (Å²) in [5, 5.41) is 9.54. The Morgan fingerprint density at radius 1 is 1.13 bits per heavy atom. The lowest BCUT2D eigenvalue weighted by Gasteiger charge is -2.17. The highest BCUT2D eigenvalue weighted by Crippen LogP contribution is 2.23. The molecule has 0 aliphatic rings. The second-order valence-corrected chi connectivity index (χ2v) is 5.42. The van der Waals surface area contributed by atoms with E-state index in [4.69, 9.17) is 4.74 Å². The van der Waals surface area contributed by atoms with Crippen molar-refractivity contribution < 1.29 is 32.1 Å². The quantitative estimate of drug-likeness (QED) is 0.659. The second-order valence-electron chi connectivity index (χ2n) is 5.42. The van der Waals surface area contributed by atoms with Crippen LogP contribution in [0.1, 0.15) is 31.7 Å². The minimum absolute atomic E-state index is 0.178. The summed E-state index contributed by atoms with van der Waals surface area (Å²) in [6.45, 7) is 2.07. The van der Waals surface area contributed by atoms with Crippen molar-refractivity contribution in [1.29, 1.82) is 0 Å². The minimum Gasteiger partial charge on any atom is -0.491 e. The van der Waals surface area contributed by atoms with Gasteiger partial charge in [-0.1, -0.05) is 26.0 Å². The highest BCUT2D eigenvalue weighted by atomic mass is 19.3. The monoisotopic (exact) mass is 338 g/mol. The molecule has 0 amide bonds. The zero-order valence-corrected chi connectivity index (χ0v) is 13.1. The molecule has 23 heavy (non-hydrogen) atoms. The van der Waals surface area contributed by atoms with Crippen molar-refractivity contribution in [3.8, 4) is 5.75 Å². The maximum atomic E-state index is 12.6. The van der Waals surface area contributed by atoms with Crippen molar-refractivity contribution >= 4 is 0 Å². The molecule has 1 N–H and O–H groups in total. The first kappa shape index (κ1) is 19.7. The maximum Gasteiger partial charge on any atom is 0.330 e. The summed E-state index contributed by atoms with van der Waals surface area (Å²) in [5.41, 5.74) is 1.16. The molecule has 0 saturated carbocycles. The summed E-state index contributed by atoms with van der Waals surface area (Å²) in [6.07, 6.45) is -3.96. The van der Waals surface area contributed by atoms with E-state index >= 15 is 0 Å². The van der Waals surface area contributed by atoms with E-state index in [9.17, 15) is 22.7 Å². The second kappa shape index (κ2) is 9.08. The highest BCUT2D eigenvalue weighted by Gasteiger charge is 2.41. The van der Waals surface area contributed by atoms with Crippen LogP contribution in [-0.4, -0.2) is 43.4 Å². The van der Waals surface area contributed by atoms with Gasteiger partial charge in [-0.15, -0.1) is 0 Å². The smallest absolute Gasteiger partial charge is 0.330 e. The standard InChI is InChI=1S/C16H22F4O3/c1-3-11(2)12-4-6-14(7-5-12)23-9-13(21)8-22-10-16(19,20)15(17)18/h4-7,11,13,15,21H,3,8-10H2,1-2H3/t11-,13+/m0/s1. The Hall–Kier alpha value is -1.34. The molecule has 0 unspecified atom stereocenters. The lowest BCUT2D eigenvalue weighted by Crippen LogP contribution is -2.34. The highest BCUT2D eigenvalue weighted by molar-refractivity contribution is 5.29. The molecular weight excluding hydrogens is 316 g/mol. The average molecular weight is 338 g/mol. The molecule has 0 bridgehead atoms. The molecular formula is C16H22F4O3. The lowest BCUT2D eigenvalue weighted by molar-refractivity contribution is -0.171. The SMILES string of the molecule is CC[C@H](C)c1ccc(OC[C@H](O)COCC(F)(F)C(F)F)cc1. The predicted molar refractivity (Wildman–Crippen MR) is 78.4 cm³/mol. The number of aliphatic hydroxyl groups is 1. The number of alkyl halides is 4. The fraction of sp³-hybridized carbons (Fsp3) is 0.625. The molecule has 0 aliphatic carbocycles. The van der Waals surface area contributed by atoms with Gasteiger partial charge in [0.25, 0.3) is 0 Å². The third-order valence-corrected chi connectivity index (χ3v) is 3.43. The van der Waals surface area contributed by atoms with Gasteiger partial charge in [0.05, 0.1) is 6.61 Å². The molecule has 1 aromatic rings. The van der Waals surface area contributed by atoms with Gasteiger partial charge >= 0.3 is 12.3 Å². The zero-order valence-electron chi connectivity index (χ0n) is 13.1. The molecule has 1 rings (SSSR count). The number of ether oxygens (including phenoxy) is 2. The first-order chi connectivity index (χ1) is 10.8. The molecule has 0 aromatic heterocycles. The van der Waals surface area contributed by atoms with E-state index < -0.39 is 31.7 Å². The van der Waals surface area contributed by atoms with E-state index in [0.717, 1.165) is 12.0 Å². The van der Waals surface area contributed by atoms with Gasteiger partial charge in [-0.05, 0) is 30.0 Å².